The van der Waals surface area contributed by atoms with Gasteiger partial charge in [0.15, 0.2) is 0 Å². The number of amides is 3. The van der Waals surface area contributed by atoms with Crippen molar-refractivity contribution in [1.29, 1.82) is 0 Å². The van der Waals surface area contributed by atoms with Crippen LogP contribution in [0.5, 0.6) is 0 Å². The summed E-state index contributed by atoms with van der Waals surface area (Å²) in [6.07, 6.45) is -0.0919. The first-order valence-corrected chi connectivity index (χ1v) is 8.92. The molecule has 0 atom stereocenters. The van der Waals surface area contributed by atoms with Gasteiger partial charge in [-0.2, -0.15) is 0 Å². The Morgan fingerprint density at radius 2 is 1.48 bits per heavy atom. The van der Waals surface area contributed by atoms with E-state index in [0.717, 1.165) is 11.1 Å². The molecule has 27 heavy (non-hydrogen) atoms. The maximum atomic E-state index is 12.0. The van der Waals surface area contributed by atoms with E-state index in [1.54, 1.807) is 0 Å². The molecule has 3 amide bonds. The Kier molecular flexibility index (Phi) is 7.21. The highest BCUT2D eigenvalue weighted by molar-refractivity contribution is 6.35. The van der Waals surface area contributed by atoms with E-state index in [1.165, 1.54) is 18.2 Å². The predicted octanol–water partition coefficient (Wildman–Crippen LogP) is 3.79. The van der Waals surface area contributed by atoms with Crippen molar-refractivity contribution in [1.82, 2.24) is 10.9 Å². The fourth-order valence-corrected chi connectivity index (χ4v) is 2.87. The van der Waals surface area contributed by atoms with Gasteiger partial charge in [0.05, 0.1) is 0 Å². The zero-order valence-electron chi connectivity index (χ0n) is 14.9. The topological polar surface area (TPSA) is 87.3 Å². The molecule has 0 heterocycles. The monoisotopic (exact) mass is 407 g/mol. The highest BCUT2D eigenvalue weighted by Gasteiger charge is 2.11. The molecule has 0 spiro atoms. The minimum absolute atomic E-state index is 0.0159. The summed E-state index contributed by atoms with van der Waals surface area (Å²) in [7, 11) is 0. The van der Waals surface area contributed by atoms with E-state index in [0.29, 0.717) is 15.7 Å². The normalized spacial score (nSPS) is 10.2. The Morgan fingerprint density at radius 3 is 2.11 bits per heavy atom. The van der Waals surface area contributed by atoms with Crippen LogP contribution < -0.4 is 16.2 Å². The van der Waals surface area contributed by atoms with Crippen LogP contribution in [0, 0.1) is 13.8 Å². The largest absolute Gasteiger partial charge is 0.326 e. The van der Waals surface area contributed by atoms with E-state index >= 15 is 0 Å². The summed E-state index contributed by atoms with van der Waals surface area (Å²) in [6.45, 7) is 3.86. The fourth-order valence-electron chi connectivity index (χ4n) is 2.34. The SMILES string of the molecule is Cc1ccc(NC(=O)CCC(=O)NNC(=O)c2cc(Cl)cc(Cl)c2)c(C)c1. The second-order valence-electron chi connectivity index (χ2n) is 6.03. The van der Waals surface area contributed by atoms with Gasteiger partial charge < -0.3 is 5.32 Å². The molecule has 0 aliphatic heterocycles. The van der Waals surface area contributed by atoms with Crippen molar-refractivity contribution in [3.8, 4) is 0 Å². The zero-order valence-corrected chi connectivity index (χ0v) is 16.4. The van der Waals surface area contributed by atoms with E-state index in [4.69, 9.17) is 23.2 Å². The number of anilines is 1. The van der Waals surface area contributed by atoms with Gasteiger partial charge in [0, 0.05) is 34.1 Å². The molecule has 2 rings (SSSR count). The third kappa shape index (κ3) is 6.58. The maximum Gasteiger partial charge on any atom is 0.269 e. The quantitative estimate of drug-likeness (QED) is 0.658. The minimum atomic E-state index is -0.563. The lowest BCUT2D eigenvalue weighted by Gasteiger charge is -2.10. The number of nitrogens with one attached hydrogen (secondary N) is 3. The van der Waals surface area contributed by atoms with Crippen molar-refractivity contribution in [3.05, 3.63) is 63.1 Å². The molecule has 6 nitrogen and oxygen atoms in total. The molecule has 0 saturated carbocycles. The zero-order chi connectivity index (χ0) is 20.0. The molecule has 2 aromatic carbocycles. The molecular formula is C19H19Cl2N3O3. The second-order valence-corrected chi connectivity index (χ2v) is 6.90. The Balaban J connectivity index is 1.78. The van der Waals surface area contributed by atoms with Crippen LogP contribution in [0.4, 0.5) is 5.69 Å². The lowest BCUT2D eigenvalue weighted by Crippen LogP contribution is -2.41. The van der Waals surface area contributed by atoms with Crippen molar-refractivity contribution in [3.63, 3.8) is 0 Å². The summed E-state index contributed by atoms with van der Waals surface area (Å²) in [5.74, 6) is -1.34. The highest BCUT2D eigenvalue weighted by atomic mass is 35.5. The standard InChI is InChI=1S/C19H19Cl2N3O3/c1-11-3-4-16(12(2)7-11)22-17(25)5-6-18(26)23-24-19(27)13-8-14(20)10-15(21)9-13/h3-4,7-10H,5-6H2,1-2H3,(H,22,25)(H,23,26)(H,24,27). The minimum Gasteiger partial charge on any atom is -0.326 e. The van der Waals surface area contributed by atoms with Gasteiger partial charge in [-0.3, -0.25) is 25.2 Å². The smallest absolute Gasteiger partial charge is 0.269 e. The second kappa shape index (κ2) is 9.39. The average molecular weight is 408 g/mol. The predicted molar refractivity (Wildman–Crippen MR) is 106 cm³/mol. The first-order valence-electron chi connectivity index (χ1n) is 8.17. The summed E-state index contributed by atoms with van der Waals surface area (Å²) >= 11 is 11.7. The molecule has 0 aromatic heterocycles. The van der Waals surface area contributed by atoms with Gasteiger partial charge in [-0.1, -0.05) is 40.9 Å². The van der Waals surface area contributed by atoms with Crippen molar-refractivity contribution in [2.24, 2.45) is 0 Å². The number of hydrogen-bond donors (Lipinski definition) is 3. The van der Waals surface area contributed by atoms with E-state index < -0.39 is 11.8 Å². The number of hydrogen-bond acceptors (Lipinski definition) is 3. The van der Waals surface area contributed by atoms with E-state index in [2.05, 4.69) is 16.2 Å². The van der Waals surface area contributed by atoms with Gasteiger partial charge in [0.2, 0.25) is 11.8 Å². The molecule has 0 aliphatic rings. The van der Waals surface area contributed by atoms with Crippen LogP contribution in [-0.4, -0.2) is 17.7 Å². The van der Waals surface area contributed by atoms with E-state index in [9.17, 15) is 14.4 Å². The van der Waals surface area contributed by atoms with E-state index in [1.807, 2.05) is 32.0 Å². The third-order valence-corrected chi connectivity index (χ3v) is 4.11. The number of benzene rings is 2. The average Bonchev–Trinajstić information content (AvgIpc) is 2.59. The molecule has 142 valence electrons. The van der Waals surface area contributed by atoms with Gasteiger partial charge in [0.25, 0.3) is 5.91 Å². The number of hydrazine groups is 1. The van der Waals surface area contributed by atoms with Crippen molar-refractivity contribution in [2.75, 3.05) is 5.32 Å². The van der Waals surface area contributed by atoms with Gasteiger partial charge in [-0.15, -0.1) is 0 Å². The molecule has 0 saturated heterocycles. The van der Waals surface area contributed by atoms with Gasteiger partial charge in [0.1, 0.15) is 0 Å². The number of carbonyl (C=O) groups is 3. The van der Waals surface area contributed by atoms with E-state index in [-0.39, 0.29) is 24.3 Å². The van der Waals surface area contributed by atoms with Crippen LogP contribution in [0.25, 0.3) is 0 Å². The van der Waals surface area contributed by atoms with Gasteiger partial charge in [-0.05, 0) is 43.7 Å². The van der Waals surface area contributed by atoms with Gasteiger partial charge in [-0.25, -0.2) is 0 Å². The summed E-state index contributed by atoms with van der Waals surface area (Å²) in [4.78, 5) is 35.8. The summed E-state index contributed by atoms with van der Waals surface area (Å²) in [5, 5.41) is 3.38. The summed E-state index contributed by atoms with van der Waals surface area (Å²) < 4.78 is 0. The first kappa shape index (κ1) is 20.7. The molecule has 0 aliphatic carbocycles. The van der Waals surface area contributed by atoms with Crippen LogP contribution in [0.15, 0.2) is 36.4 Å². The molecule has 0 bridgehead atoms. The molecule has 0 unspecified atom stereocenters. The van der Waals surface area contributed by atoms with Crippen LogP contribution >= 0.6 is 23.2 Å². The molecule has 2 aromatic rings. The number of carbonyl (C=O) groups excluding carboxylic acids is 3. The number of halogens is 2. The van der Waals surface area contributed by atoms with Crippen LogP contribution in [-0.2, 0) is 9.59 Å². The lowest BCUT2D eigenvalue weighted by atomic mass is 10.1. The fraction of sp³-hybridized carbons (Fsp3) is 0.211. The molecular weight excluding hydrogens is 389 g/mol. The van der Waals surface area contributed by atoms with Crippen LogP contribution in [0.1, 0.15) is 34.3 Å². The Morgan fingerprint density at radius 1 is 0.852 bits per heavy atom. The molecule has 3 N–H and O–H groups in total. The van der Waals surface area contributed by atoms with Crippen molar-refractivity contribution in [2.45, 2.75) is 26.7 Å². The Hall–Kier alpha value is -2.57. The van der Waals surface area contributed by atoms with Crippen molar-refractivity contribution >= 4 is 46.6 Å². The summed E-state index contributed by atoms with van der Waals surface area (Å²) in [6, 6.07) is 10.0. The number of rotatable bonds is 5. The van der Waals surface area contributed by atoms with Crippen molar-refractivity contribution < 1.29 is 14.4 Å². The Labute approximate surface area is 167 Å². The highest BCUT2D eigenvalue weighted by Crippen LogP contribution is 2.19. The first-order chi connectivity index (χ1) is 12.7. The lowest BCUT2D eigenvalue weighted by molar-refractivity contribution is -0.124. The molecule has 8 heteroatoms. The number of aryl methyl sites for hydroxylation is 2. The Bertz CT molecular complexity index is 864. The molecule has 0 radical (unpaired) electrons. The molecule has 0 fully saturated rings. The van der Waals surface area contributed by atoms with Crippen LogP contribution in [0.2, 0.25) is 10.0 Å². The summed E-state index contributed by atoms with van der Waals surface area (Å²) in [5.41, 5.74) is 7.47. The van der Waals surface area contributed by atoms with Gasteiger partial charge >= 0.3 is 0 Å². The van der Waals surface area contributed by atoms with Crippen LogP contribution in [0.3, 0.4) is 0 Å². The third-order valence-electron chi connectivity index (χ3n) is 3.68. The maximum absolute atomic E-state index is 12.0.